The second-order valence-corrected chi connectivity index (χ2v) is 5.40. The monoisotopic (exact) mass is 320 g/mol. The lowest BCUT2D eigenvalue weighted by Gasteiger charge is -2.12. The maximum absolute atomic E-state index is 6.20. The van der Waals surface area contributed by atoms with Gasteiger partial charge < -0.3 is 15.6 Å². The van der Waals surface area contributed by atoms with Crippen LogP contribution in [0.4, 0.5) is 11.6 Å². The van der Waals surface area contributed by atoms with Crippen LogP contribution in [0.5, 0.6) is 0 Å². The number of benzene rings is 2. The fourth-order valence-electron chi connectivity index (χ4n) is 2.26. The molecule has 3 rings (SSSR count). The van der Waals surface area contributed by atoms with Crippen molar-refractivity contribution in [3.8, 4) is 0 Å². The van der Waals surface area contributed by atoms with Crippen LogP contribution in [0.2, 0.25) is 10.0 Å². The first-order valence-electron chi connectivity index (χ1n) is 6.57. The molecule has 0 unspecified atom stereocenters. The van der Waals surface area contributed by atoms with Crippen LogP contribution in [0.1, 0.15) is 0 Å². The quantitative estimate of drug-likeness (QED) is 0.762. The van der Waals surface area contributed by atoms with Gasteiger partial charge in [-0.3, -0.25) is 0 Å². The molecule has 0 spiro atoms. The van der Waals surface area contributed by atoms with Gasteiger partial charge in [0, 0.05) is 13.1 Å². The highest BCUT2D eigenvalue weighted by Crippen LogP contribution is 2.33. The molecule has 0 saturated heterocycles. The molecule has 3 aromatic rings. The first-order valence-corrected chi connectivity index (χ1v) is 7.32. The van der Waals surface area contributed by atoms with Crippen LogP contribution >= 0.6 is 23.2 Å². The van der Waals surface area contributed by atoms with Gasteiger partial charge in [0.2, 0.25) is 5.95 Å². The van der Waals surface area contributed by atoms with E-state index < -0.39 is 0 Å². The van der Waals surface area contributed by atoms with E-state index in [0.717, 1.165) is 11.0 Å². The second-order valence-electron chi connectivity index (χ2n) is 4.59. The van der Waals surface area contributed by atoms with Crippen molar-refractivity contribution in [2.45, 2.75) is 6.54 Å². The van der Waals surface area contributed by atoms with Crippen molar-refractivity contribution in [3.63, 3.8) is 0 Å². The molecular formula is C15H14Cl2N4. The minimum absolute atomic E-state index is 0.519. The molecule has 0 fully saturated rings. The van der Waals surface area contributed by atoms with Gasteiger partial charge in [-0.1, -0.05) is 41.4 Å². The van der Waals surface area contributed by atoms with Gasteiger partial charge in [0.15, 0.2) is 0 Å². The Kier molecular flexibility index (Phi) is 4.01. The zero-order valence-electron chi connectivity index (χ0n) is 11.2. The first kappa shape index (κ1) is 14.2. The van der Waals surface area contributed by atoms with E-state index in [-0.39, 0.29) is 0 Å². The number of rotatable bonds is 4. The van der Waals surface area contributed by atoms with Crippen LogP contribution in [0.25, 0.3) is 11.0 Å². The maximum atomic E-state index is 6.20. The zero-order chi connectivity index (χ0) is 14.8. The lowest BCUT2D eigenvalue weighted by Crippen LogP contribution is -2.12. The summed E-state index contributed by atoms with van der Waals surface area (Å²) in [5.74, 6) is 0.677. The Hall–Kier alpha value is -1.75. The summed E-state index contributed by atoms with van der Waals surface area (Å²) < 4.78 is 2.02. The average Bonchev–Trinajstić information content (AvgIpc) is 2.82. The van der Waals surface area contributed by atoms with Gasteiger partial charge in [0.1, 0.15) is 0 Å². The summed E-state index contributed by atoms with van der Waals surface area (Å²) >= 11 is 12.4. The number of nitrogens with two attached hydrogens (primary N) is 1. The highest BCUT2D eigenvalue weighted by molar-refractivity contribution is 6.39. The number of aromatic nitrogens is 2. The number of anilines is 2. The van der Waals surface area contributed by atoms with E-state index in [0.29, 0.717) is 34.8 Å². The summed E-state index contributed by atoms with van der Waals surface area (Å²) in [6, 6.07) is 13.3. The number of nitrogens with zero attached hydrogens (tertiary/aromatic N) is 2. The molecule has 0 aliphatic heterocycles. The molecule has 3 N–H and O–H groups in total. The molecule has 1 heterocycles. The summed E-state index contributed by atoms with van der Waals surface area (Å²) in [7, 11) is 0. The van der Waals surface area contributed by atoms with Crippen molar-refractivity contribution < 1.29 is 0 Å². The van der Waals surface area contributed by atoms with Crippen molar-refractivity contribution in [1.82, 2.24) is 9.55 Å². The van der Waals surface area contributed by atoms with E-state index in [4.69, 9.17) is 28.9 Å². The minimum Gasteiger partial charge on any atom is -0.329 e. The van der Waals surface area contributed by atoms with Crippen LogP contribution in [0.15, 0.2) is 42.5 Å². The number of para-hydroxylation sites is 3. The molecular weight excluding hydrogens is 307 g/mol. The average molecular weight is 321 g/mol. The molecule has 0 bridgehead atoms. The predicted molar refractivity (Wildman–Crippen MR) is 88.5 cm³/mol. The lowest BCUT2D eigenvalue weighted by molar-refractivity contribution is 0.736. The van der Waals surface area contributed by atoms with Crippen molar-refractivity contribution in [2.75, 3.05) is 11.9 Å². The molecule has 0 aliphatic carbocycles. The molecule has 21 heavy (non-hydrogen) atoms. The molecule has 108 valence electrons. The number of hydrogen-bond acceptors (Lipinski definition) is 3. The topological polar surface area (TPSA) is 55.9 Å². The van der Waals surface area contributed by atoms with E-state index >= 15 is 0 Å². The SMILES string of the molecule is NCCn1c(Nc2c(Cl)cccc2Cl)nc2ccccc21. The van der Waals surface area contributed by atoms with Gasteiger partial charge >= 0.3 is 0 Å². The highest BCUT2D eigenvalue weighted by atomic mass is 35.5. The standard InChI is InChI=1S/C15H14Cl2N4/c16-10-4-3-5-11(17)14(10)20-15-19-12-6-1-2-7-13(12)21(15)9-8-18/h1-7H,8-9,18H2,(H,19,20). The number of halogens is 2. The fourth-order valence-corrected chi connectivity index (χ4v) is 2.75. The number of fused-ring (bicyclic) bond motifs is 1. The fraction of sp³-hybridized carbons (Fsp3) is 0.133. The number of hydrogen-bond donors (Lipinski definition) is 2. The van der Waals surface area contributed by atoms with Gasteiger partial charge in [-0.05, 0) is 24.3 Å². The number of nitrogens with one attached hydrogen (secondary N) is 1. The summed E-state index contributed by atoms with van der Waals surface area (Å²) in [6.07, 6.45) is 0. The van der Waals surface area contributed by atoms with E-state index in [1.54, 1.807) is 18.2 Å². The molecule has 0 radical (unpaired) electrons. The van der Waals surface area contributed by atoms with Gasteiger partial charge in [0.25, 0.3) is 0 Å². The summed E-state index contributed by atoms with van der Waals surface area (Å²) in [5, 5.41) is 4.32. The molecule has 0 amide bonds. The molecule has 0 aliphatic rings. The van der Waals surface area contributed by atoms with Gasteiger partial charge in [-0.25, -0.2) is 4.98 Å². The predicted octanol–water partition coefficient (Wildman–Crippen LogP) is 4.05. The van der Waals surface area contributed by atoms with Gasteiger partial charge in [-0.15, -0.1) is 0 Å². The first-order chi connectivity index (χ1) is 10.2. The normalized spacial score (nSPS) is 11.0. The number of imidazole rings is 1. The van der Waals surface area contributed by atoms with Crippen molar-refractivity contribution in [2.24, 2.45) is 5.73 Å². The maximum Gasteiger partial charge on any atom is 0.208 e. The van der Waals surface area contributed by atoms with Gasteiger partial charge in [-0.2, -0.15) is 0 Å². The van der Waals surface area contributed by atoms with Crippen molar-refractivity contribution in [3.05, 3.63) is 52.5 Å². The van der Waals surface area contributed by atoms with Crippen molar-refractivity contribution >= 4 is 45.9 Å². The van der Waals surface area contributed by atoms with E-state index in [1.807, 2.05) is 28.8 Å². The molecule has 4 nitrogen and oxygen atoms in total. The Morgan fingerprint density at radius 3 is 2.48 bits per heavy atom. The largest absolute Gasteiger partial charge is 0.329 e. The van der Waals surface area contributed by atoms with E-state index in [1.165, 1.54) is 0 Å². The van der Waals surface area contributed by atoms with Crippen LogP contribution in [-0.2, 0) is 6.54 Å². The minimum atomic E-state index is 0.519. The lowest BCUT2D eigenvalue weighted by atomic mass is 10.3. The molecule has 0 saturated carbocycles. The third-order valence-electron chi connectivity index (χ3n) is 3.21. The third-order valence-corrected chi connectivity index (χ3v) is 3.84. The third kappa shape index (κ3) is 2.70. The Morgan fingerprint density at radius 1 is 1.05 bits per heavy atom. The van der Waals surface area contributed by atoms with Crippen LogP contribution in [0.3, 0.4) is 0 Å². The molecule has 6 heteroatoms. The summed E-state index contributed by atoms with van der Waals surface area (Å²) in [4.78, 5) is 4.59. The zero-order valence-corrected chi connectivity index (χ0v) is 12.7. The Balaban J connectivity index is 2.10. The van der Waals surface area contributed by atoms with Crippen molar-refractivity contribution in [1.29, 1.82) is 0 Å². The summed E-state index contributed by atoms with van der Waals surface area (Å²) in [6.45, 7) is 1.18. The van der Waals surface area contributed by atoms with E-state index in [2.05, 4.69) is 10.3 Å². The van der Waals surface area contributed by atoms with Crippen LogP contribution in [-0.4, -0.2) is 16.1 Å². The smallest absolute Gasteiger partial charge is 0.208 e. The van der Waals surface area contributed by atoms with Crippen LogP contribution < -0.4 is 11.1 Å². The van der Waals surface area contributed by atoms with Crippen LogP contribution in [0, 0.1) is 0 Å². The Labute approximate surface area is 132 Å². The molecule has 1 aromatic heterocycles. The summed E-state index contributed by atoms with van der Waals surface area (Å²) in [5.41, 5.74) is 8.27. The highest BCUT2D eigenvalue weighted by Gasteiger charge is 2.13. The Bertz CT molecular complexity index is 762. The molecule has 0 atom stereocenters. The van der Waals surface area contributed by atoms with E-state index in [9.17, 15) is 0 Å². The molecule has 2 aromatic carbocycles. The second kappa shape index (κ2) is 5.93. The van der Waals surface area contributed by atoms with Gasteiger partial charge in [0.05, 0.1) is 26.8 Å². The Morgan fingerprint density at radius 2 is 1.76 bits per heavy atom.